The lowest BCUT2D eigenvalue weighted by Gasteiger charge is -2.18. The first-order chi connectivity index (χ1) is 13.8. The third-order valence-corrected chi connectivity index (χ3v) is 6.11. The molecule has 0 heterocycles. The van der Waals surface area contributed by atoms with Crippen LogP contribution in [-0.4, -0.2) is 6.10 Å². The standard InChI is InChI=1S/C26H41NO/c1-2-3-4-5-12-17-26(28-22-23-14-9-8-10-15-23)18-13-7-6-11-16-25(21-27)24-19-20-24/h8-10,14-15,24-26H,2-7,11-13,16-20,22H2,1H3. The van der Waals surface area contributed by atoms with Crippen LogP contribution in [0.15, 0.2) is 30.3 Å². The molecule has 28 heavy (non-hydrogen) atoms. The maximum Gasteiger partial charge on any atom is 0.0720 e. The van der Waals surface area contributed by atoms with Gasteiger partial charge in [0.15, 0.2) is 0 Å². The molecule has 156 valence electrons. The van der Waals surface area contributed by atoms with Crippen LogP contribution in [0.25, 0.3) is 0 Å². The van der Waals surface area contributed by atoms with Gasteiger partial charge in [-0.25, -0.2) is 0 Å². The van der Waals surface area contributed by atoms with E-state index in [0.29, 0.717) is 12.0 Å². The van der Waals surface area contributed by atoms with Gasteiger partial charge in [0.1, 0.15) is 0 Å². The highest BCUT2D eigenvalue weighted by atomic mass is 16.5. The van der Waals surface area contributed by atoms with Crippen LogP contribution >= 0.6 is 0 Å². The van der Waals surface area contributed by atoms with E-state index in [1.807, 2.05) is 0 Å². The molecule has 2 unspecified atom stereocenters. The molecule has 0 aromatic heterocycles. The number of nitriles is 1. The Labute approximate surface area is 173 Å². The molecule has 0 radical (unpaired) electrons. The van der Waals surface area contributed by atoms with E-state index >= 15 is 0 Å². The van der Waals surface area contributed by atoms with Gasteiger partial charge in [0.2, 0.25) is 0 Å². The molecule has 0 bridgehead atoms. The summed E-state index contributed by atoms with van der Waals surface area (Å²) in [7, 11) is 0. The third-order valence-electron chi connectivity index (χ3n) is 6.11. The number of hydrogen-bond donors (Lipinski definition) is 0. The lowest BCUT2D eigenvalue weighted by atomic mass is 9.96. The maximum absolute atomic E-state index is 9.23. The SMILES string of the molecule is CCCCCCCC(CCCCCCC(C#N)C1CC1)OCc1ccccc1. The lowest BCUT2D eigenvalue weighted by molar-refractivity contribution is 0.0261. The molecule has 2 heteroatoms. The first kappa shape index (κ1) is 23.0. The summed E-state index contributed by atoms with van der Waals surface area (Å²) in [5, 5.41) is 9.23. The first-order valence-electron chi connectivity index (χ1n) is 11.9. The number of ether oxygens (including phenoxy) is 1. The van der Waals surface area contributed by atoms with Gasteiger partial charge in [-0.15, -0.1) is 0 Å². The van der Waals surface area contributed by atoms with Crippen LogP contribution in [0, 0.1) is 23.2 Å². The second kappa shape index (κ2) is 14.6. The fourth-order valence-corrected chi connectivity index (χ4v) is 4.07. The van der Waals surface area contributed by atoms with Gasteiger partial charge in [0.05, 0.1) is 18.8 Å². The Bertz CT molecular complexity index is 531. The van der Waals surface area contributed by atoms with E-state index in [4.69, 9.17) is 4.74 Å². The van der Waals surface area contributed by atoms with Gasteiger partial charge in [-0.05, 0) is 43.6 Å². The van der Waals surface area contributed by atoms with Crippen molar-refractivity contribution in [2.75, 3.05) is 0 Å². The van der Waals surface area contributed by atoms with Gasteiger partial charge in [-0.3, -0.25) is 0 Å². The Hall–Kier alpha value is -1.33. The predicted molar refractivity (Wildman–Crippen MR) is 118 cm³/mol. The number of nitrogens with zero attached hydrogens (tertiary/aromatic N) is 1. The van der Waals surface area contributed by atoms with Crippen LogP contribution in [0.5, 0.6) is 0 Å². The third kappa shape index (κ3) is 10.3. The van der Waals surface area contributed by atoms with Gasteiger partial charge < -0.3 is 4.74 Å². The molecule has 1 aromatic carbocycles. The number of hydrogen-bond acceptors (Lipinski definition) is 2. The summed E-state index contributed by atoms with van der Waals surface area (Å²) in [4.78, 5) is 0. The summed E-state index contributed by atoms with van der Waals surface area (Å²) >= 11 is 0. The van der Waals surface area contributed by atoms with Crippen LogP contribution < -0.4 is 0 Å². The Balaban J connectivity index is 1.60. The number of rotatable bonds is 17. The van der Waals surface area contributed by atoms with Gasteiger partial charge in [0, 0.05) is 5.92 Å². The molecule has 1 saturated carbocycles. The Kier molecular flexibility index (Phi) is 12.0. The summed E-state index contributed by atoms with van der Waals surface area (Å²) in [6.45, 7) is 3.01. The molecular weight excluding hydrogens is 342 g/mol. The van der Waals surface area contributed by atoms with Crippen molar-refractivity contribution in [3.05, 3.63) is 35.9 Å². The molecule has 1 aliphatic carbocycles. The van der Waals surface area contributed by atoms with E-state index < -0.39 is 0 Å². The summed E-state index contributed by atoms with van der Waals surface area (Å²) in [5.41, 5.74) is 1.28. The second-order valence-electron chi connectivity index (χ2n) is 8.69. The van der Waals surface area contributed by atoms with Crippen molar-refractivity contribution in [3.8, 4) is 6.07 Å². The Morgan fingerprint density at radius 2 is 1.50 bits per heavy atom. The topological polar surface area (TPSA) is 33.0 Å². The fraction of sp³-hybridized carbons (Fsp3) is 0.731. The van der Waals surface area contributed by atoms with Crippen molar-refractivity contribution >= 4 is 0 Å². The van der Waals surface area contributed by atoms with E-state index in [2.05, 4.69) is 43.3 Å². The van der Waals surface area contributed by atoms with Gasteiger partial charge in [-0.1, -0.05) is 95.0 Å². The molecule has 1 aromatic rings. The molecule has 0 aliphatic heterocycles. The van der Waals surface area contributed by atoms with E-state index in [1.54, 1.807) is 0 Å². The minimum atomic E-state index is 0.338. The van der Waals surface area contributed by atoms with Gasteiger partial charge >= 0.3 is 0 Å². The molecule has 0 N–H and O–H groups in total. The lowest BCUT2D eigenvalue weighted by Crippen LogP contribution is -2.13. The first-order valence-corrected chi connectivity index (χ1v) is 11.9. The van der Waals surface area contributed by atoms with Crippen molar-refractivity contribution in [3.63, 3.8) is 0 Å². The Morgan fingerprint density at radius 1 is 0.893 bits per heavy atom. The zero-order valence-corrected chi connectivity index (χ0v) is 18.1. The predicted octanol–water partition coefficient (Wildman–Crippen LogP) is 7.82. The smallest absolute Gasteiger partial charge is 0.0720 e. The second-order valence-corrected chi connectivity index (χ2v) is 8.69. The molecule has 0 saturated heterocycles. The highest BCUT2D eigenvalue weighted by Crippen LogP contribution is 2.38. The minimum absolute atomic E-state index is 0.338. The number of benzene rings is 1. The number of unbranched alkanes of at least 4 members (excludes halogenated alkanes) is 7. The fourth-order valence-electron chi connectivity index (χ4n) is 4.07. The van der Waals surface area contributed by atoms with Gasteiger partial charge in [-0.2, -0.15) is 5.26 Å². The van der Waals surface area contributed by atoms with E-state index in [0.717, 1.165) is 18.9 Å². The normalized spacial score (nSPS) is 15.9. The molecule has 0 amide bonds. The molecule has 0 spiro atoms. The average molecular weight is 384 g/mol. The zero-order chi connectivity index (χ0) is 19.9. The van der Waals surface area contributed by atoms with E-state index in [1.165, 1.54) is 89.0 Å². The summed E-state index contributed by atoms with van der Waals surface area (Å²) < 4.78 is 6.29. The van der Waals surface area contributed by atoms with Crippen molar-refractivity contribution < 1.29 is 4.74 Å². The van der Waals surface area contributed by atoms with E-state index in [9.17, 15) is 5.26 Å². The summed E-state index contributed by atoms with van der Waals surface area (Å²) in [6, 6.07) is 13.1. The molecule has 2 nitrogen and oxygen atoms in total. The molecule has 1 fully saturated rings. The van der Waals surface area contributed by atoms with Crippen molar-refractivity contribution in [1.82, 2.24) is 0 Å². The van der Waals surface area contributed by atoms with Crippen molar-refractivity contribution in [2.24, 2.45) is 11.8 Å². The van der Waals surface area contributed by atoms with Crippen LogP contribution in [0.1, 0.15) is 102 Å². The highest BCUT2D eigenvalue weighted by Gasteiger charge is 2.30. The van der Waals surface area contributed by atoms with Crippen LogP contribution in [0.2, 0.25) is 0 Å². The van der Waals surface area contributed by atoms with Crippen LogP contribution in [0.3, 0.4) is 0 Å². The summed E-state index contributed by atoms with van der Waals surface area (Å²) in [6.07, 6.45) is 18.2. The van der Waals surface area contributed by atoms with Crippen LogP contribution in [0.4, 0.5) is 0 Å². The minimum Gasteiger partial charge on any atom is -0.374 e. The molecule has 2 rings (SSSR count). The van der Waals surface area contributed by atoms with E-state index in [-0.39, 0.29) is 0 Å². The van der Waals surface area contributed by atoms with Crippen LogP contribution in [-0.2, 0) is 11.3 Å². The Morgan fingerprint density at radius 3 is 2.07 bits per heavy atom. The van der Waals surface area contributed by atoms with Crippen molar-refractivity contribution in [1.29, 1.82) is 5.26 Å². The highest BCUT2D eigenvalue weighted by molar-refractivity contribution is 5.13. The molecule has 1 aliphatic rings. The maximum atomic E-state index is 9.23. The average Bonchev–Trinajstić information content (AvgIpc) is 3.56. The largest absolute Gasteiger partial charge is 0.374 e. The quantitative estimate of drug-likeness (QED) is 0.257. The van der Waals surface area contributed by atoms with Crippen molar-refractivity contribution in [2.45, 2.75) is 110 Å². The molecule has 2 atom stereocenters. The molecular formula is C26H41NO. The zero-order valence-electron chi connectivity index (χ0n) is 18.1. The van der Waals surface area contributed by atoms with Gasteiger partial charge in [0.25, 0.3) is 0 Å². The monoisotopic (exact) mass is 383 g/mol. The summed E-state index contributed by atoms with van der Waals surface area (Å²) in [5.74, 6) is 1.07.